The number of nitrogens with one attached hydrogen (secondary N) is 2. The van der Waals surface area contributed by atoms with Gasteiger partial charge in [0, 0.05) is 6.54 Å². The van der Waals surface area contributed by atoms with Crippen molar-refractivity contribution < 1.29 is 4.79 Å². The van der Waals surface area contributed by atoms with Crippen LogP contribution in [-0.4, -0.2) is 25.0 Å². The summed E-state index contributed by atoms with van der Waals surface area (Å²) in [5.41, 5.74) is 1.55. The van der Waals surface area contributed by atoms with E-state index in [1.54, 1.807) is 5.57 Å². The van der Waals surface area contributed by atoms with Gasteiger partial charge >= 0.3 is 0 Å². The second-order valence-electron chi connectivity index (χ2n) is 4.47. The number of carbonyl (C=O) groups excluding carboxylic acids is 1. The number of allylic oxidation sites excluding steroid dienone is 1. The van der Waals surface area contributed by atoms with Crippen LogP contribution in [-0.2, 0) is 4.79 Å². The lowest BCUT2D eigenvalue weighted by Crippen LogP contribution is -2.42. The zero-order valence-corrected chi connectivity index (χ0v) is 10.5. The van der Waals surface area contributed by atoms with Crippen LogP contribution in [0.2, 0.25) is 0 Å². The molecule has 1 atom stereocenters. The van der Waals surface area contributed by atoms with E-state index >= 15 is 0 Å². The molecule has 0 heterocycles. The van der Waals surface area contributed by atoms with Crippen molar-refractivity contribution in [3.8, 4) is 0 Å². The second kappa shape index (κ2) is 7.44. The SMILES string of the molecule is CCCNC(=O)C(C)NCCC1=CCCC1. The number of rotatable bonds is 7. The predicted molar refractivity (Wildman–Crippen MR) is 67.3 cm³/mol. The molecule has 0 aromatic rings. The van der Waals surface area contributed by atoms with Gasteiger partial charge in [-0.2, -0.15) is 0 Å². The van der Waals surface area contributed by atoms with E-state index in [-0.39, 0.29) is 11.9 Å². The topological polar surface area (TPSA) is 41.1 Å². The van der Waals surface area contributed by atoms with Gasteiger partial charge in [-0.05, 0) is 45.6 Å². The smallest absolute Gasteiger partial charge is 0.236 e. The Morgan fingerprint density at radius 1 is 1.50 bits per heavy atom. The Kier molecular flexibility index (Phi) is 6.16. The third-order valence-corrected chi connectivity index (χ3v) is 2.97. The Hall–Kier alpha value is -0.830. The Labute approximate surface area is 98.7 Å². The molecule has 1 unspecified atom stereocenters. The molecule has 1 amide bonds. The molecular weight excluding hydrogens is 200 g/mol. The summed E-state index contributed by atoms with van der Waals surface area (Å²) in [6.45, 7) is 5.67. The van der Waals surface area contributed by atoms with Gasteiger partial charge in [-0.1, -0.05) is 18.6 Å². The van der Waals surface area contributed by atoms with Crippen molar-refractivity contribution >= 4 is 5.91 Å². The average Bonchev–Trinajstić information content (AvgIpc) is 2.78. The molecule has 0 aromatic carbocycles. The normalized spacial score (nSPS) is 17.0. The van der Waals surface area contributed by atoms with Crippen LogP contribution < -0.4 is 10.6 Å². The van der Waals surface area contributed by atoms with Gasteiger partial charge in [-0.25, -0.2) is 0 Å². The van der Waals surface area contributed by atoms with E-state index in [0.29, 0.717) is 0 Å². The summed E-state index contributed by atoms with van der Waals surface area (Å²) in [6, 6.07) is -0.0754. The first-order chi connectivity index (χ1) is 7.74. The van der Waals surface area contributed by atoms with Crippen molar-refractivity contribution in [3.63, 3.8) is 0 Å². The highest BCUT2D eigenvalue weighted by atomic mass is 16.2. The van der Waals surface area contributed by atoms with Crippen molar-refractivity contribution in [2.75, 3.05) is 13.1 Å². The number of amides is 1. The minimum absolute atomic E-state index is 0.0754. The largest absolute Gasteiger partial charge is 0.355 e. The summed E-state index contributed by atoms with van der Waals surface area (Å²) in [5.74, 6) is 0.113. The number of hydrogen-bond acceptors (Lipinski definition) is 2. The van der Waals surface area contributed by atoms with E-state index in [0.717, 1.165) is 25.9 Å². The maximum Gasteiger partial charge on any atom is 0.236 e. The Balaban J connectivity index is 2.09. The fourth-order valence-electron chi connectivity index (χ4n) is 1.91. The molecule has 1 aliphatic carbocycles. The van der Waals surface area contributed by atoms with Crippen molar-refractivity contribution in [2.45, 2.75) is 52.0 Å². The molecule has 16 heavy (non-hydrogen) atoms. The summed E-state index contributed by atoms with van der Waals surface area (Å²) in [6.07, 6.45) is 8.21. The Morgan fingerprint density at radius 2 is 2.31 bits per heavy atom. The summed E-state index contributed by atoms with van der Waals surface area (Å²) in [5, 5.41) is 6.16. The number of hydrogen-bond donors (Lipinski definition) is 2. The van der Waals surface area contributed by atoms with E-state index < -0.39 is 0 Å². The molecule has 0 fully saturated rings. The molecule has 1 rings (SSSR count). The molecular formula is C13H24N2O. The van der Waals surface area contributed by atoms with Crippen LogP contribution in [0.15, 0.2) is 11.6 Å². The van der Waals surface area contributed by atoms with Gasteiger partial charge in [0.2, 0.25) is 5.91 Å². The minimum atomic E-state index is -0.0754. The van der Waals surface area contributed by atoms with Crippen LogP contribution >= 0.6 is 0 Å². The van der Waals surface area contributed by atoms with Gasteiger partial charge in [0.1, 0.15) is 0 Å². The molecule has 1 aliphatic rings. The highest BCUT2D eigenvalue weighted by Crippen LogP contribution is 2.19. The van der Waals surface area contributed by atoms with E-state index in [2.05, 4.69) is 23.6 Å². The summed E-state index contributed by atoms with van der Waals surface area (Å²) in [4.78, 5) is 11.5. The van der Waals surface area contributed by atoms with Crippen molar-refractivity contribution in [2.24, 2.45) is 0 Å². The van der Waals surface area contributed by atoms with Gasteiger partial charge in [0.05, 0.1) is 6.04 Å². The lowest BCUT2D eigenvalue weighted by atomic mass is 10.1. The van der Waals surface area contributed by atoms with Crippen LogP contribution in [0.1, 0.15) is 46.0 Å². The fraction of sp³-hybridized carbons (Fsp3) is 0.769. The van der Waals surface area contributed by atoms with Crippen LogP contribution in [0.25, 0.3) is 0 Å². The van der Waals surface area contributed by atoms with E-state index in [1.807, 2.05) is 6.92 Å². The standard InChI is InChI=1S/C13H24N2O/c1-3-9-15-13(16)11(2)14-10-8-12-6-4-5-7-12/h6,11,14H,3-5,7-10H2,1-2H3,(H,15,16). The van der Waals surface area contributed by atoms with Gasteiger partial charge in [-0.15, -0.1) is 0 Å². The van der Waals surface area contributed by atoms with Crippen LogP contribution in [0.3, 0.4) is 0 Å². The van der Waals surface area contributed by atoms with Crippen LogP contribution in [0, 0.1) is 0 Å². The van der Waals surface area contributed by atoms with Gasteiger partial charge in [0.15, 0.2) is 0 Å². The lowest BCUT2D eigenvalue weighted by Gasteiger charge is -2.13. The summed E-state index contributed by atoms with van der Waals surface area (Å²) >= 11 is 0. The van der Waals surface area contributed by atoms with Gasteiger partial charge in [-0.3, -0.25) is 4.79 Å². The first-order valence-electron chi connectivity index (χ1n) is 6.43. The molecule has 0 aliphatic heterocycles. The molecule has 0 aromatic heterocycles. The second-order valence-corrected chi connectivity index (χ2v) is 4.47. The molecule has 92 valence electrons. The minimum Gasteiger partial charge on any atom is -0.355 e. The lowest BCUT2D eigenvalue weighted by molar-refractivity contribution is -0.122. The summed E-state index contributed by atoms with van der Waals surface area (Å²) in [7, 11) is 0. The zero-order chi connectivity index (χ0) is 11.8. The molecule has 3 nitrogen and oxygen atoms in total. The van der Waals surface area contributed by atoms with Crippen LogP contribution in [0.4, 0.5) is 0 Å². The fourth-order valence-corrected chi connectivity index (χ4v) is 1.91. The maximum absolute atomic E-state index is 11.5. The third kappa shape index (κ3) is 4.79. The predicted octanol–water partition coefficient (Wildman–Crippen LogP) is 1.99. The quantitative estimate of drug-likeness (QED) is 0.649. The first kappa shape index (κ1) is 13.2. The Morgan fingerprint density at radius 3 is 2.94 bits per heavy atom. The Bertz CT molecular complexity index is 248. The van der Waals surface area contributed by atoms with E-state index in [9.17, 15) is 4.79 Å². The van der Waals surface area contributed by atoms with Crippen LogP contribution in [0.5, 0.6) is 0 Å². The first-order valence-corrected chi connectivity index (χ1v) is 6.43. The highest BCUT2D eigenvalue weighted by molar-refractivity contribution is 5.81. The average molecular weight is 224 g/mol. The monoisotopic (exact) mass is 224 g/mol. The molecule has 2 N–H and O–H groups in total. The van der Waals surface area contributed by atoms with Gasteiger partial charge < -0.3 is 10.6 Å². The maximum atomic E-state index is 11.5. The summed E-state index contributed by atoms with van der Waals surface area (Å²) < 4.78 is 0. The zero-order valence-electron chi connectivity index (χ0n) is 10.5. The van der Waals surface area contributed by atoms with Gasteiger partial charge in [0.25, 0.3) is 0 Å². The number of carbonyl (C=O) groups is 1. The van der Waals surface area contributed by atoms with Crippen molar-refractivity contribution in [3.05, 3.63) is 11.6 Å². The van der Waals surface area contributed by atoms with Crippen molar-refractivity contribution in [1.29, 1.82) is 0 Å². The molecule has 0 spiro atoms. The molecule has 0 radical (unpaired) electrons. The van der Waals surface area contributed by atoms with E-state index in [1.165, 1.54) is 19.3 Å². The van der Waals surface area contributed by atoms with E-state index in [4.69, 9.17) is 0 Å². The van der Waals surface area contributed by atoms with Crippen molar-refractivity contribution in [1.82, 2.24) is 10.6 Å². The molecule has 0 bridgehead atoms. The molecule has 3 heteroatoms. The highest BCUT2D eigenvalue weighted by Gasteiger charge is 2.11. The third-order valence-electron chi connectivity index (χ3n) is 2.97. The molecule has 0 saturated heterocycles. The molecule has 0 saturated carbocycles.